The Labute approximate surface area is 108 Å². The summed E-state index contributed by atoms with van der Waals surface area (Å²) in [6, 6.07) is 8.98. The maximum Gasteiger partial charge on any atom is 0.0361 e. The zero-order chi connectivity index (χ0) is 13.1. The van der Waals surface area contributed by atoms with Gasteiger partial charge in [0.05, 0.1) is 0 Å². The number of rotatable bonds is 5. The first-order valence-electron chi connectivity index (χ1n) is 6.36. The molecule has 96 valence electrons. The lowest BCUT2D eigenvalue weighted by Crippen LogP contribution is -2.19. The maximum atomic E-state index is 2.38. The van der Waals surface area contributed by atoms with Gasteiger partial charge in [0.25, 0.3) is 0 Å². The highest BCUT2D eigenvalue weighted by atomic mass is 31.1. The van der Waals surface area contributed by atoms with Crippen molar-refractivity contribution in [2.24, 2.45) is 5.92 Å². The van der Waals surface area contributed by atoms with Crippen molar-refractivity contribution in [3.05, 3.63) is 24.3 Å². The minimum absolute atomic E-state index is 0.424. The quantitative estimate of drug-likeness (QED) is 0.718. The lowest BCUT2D eigenvalue weighted by atomic mass is 10.00. The topological polar surface area (TPSA) is 3.24 Å². The Kier molecular flexibility index (Phi) is 5.01. The number of nitrogens with zero attached hydrogens (tertiary/aromatic N) is 1. The van der Waals surface area contributed by atoms with E-state index in [1.807, 2.05) is 0 Å². The first-order valence-corrected chi connectivity index (χ1v) is 7.36. The van der Waals surface area contributed by atoms with Crippen LogP contribution in [0.5, 0.6) is 0 Å². The van der Waals surface area contributed by atoms with Gasteiger partial charge in [-0.15, -0.1) is 0 Å². The predicted molar refractivity (Wildman–Crippen MR) is 82.3 cm³/mol. The molecule has 17 heavy (non-hydrogen) atoms. The Morgan fingerprint density at radius 3 is 2.06 bits per heavy atom. The summed E-state index contributed by atoms with van der Waals surface area (Å²) < 4.78 is 0. The largest absolute Gasteiger partial charge is 0.378 e. The van der Waals surface area contributed by atoms with Crippen molar-refractivity contribution in [2.75, 3.05) is 19.0 Å². The first kappa shape index (κ1) is 14.5. The Hall–Kier alpha value is -0.550. The molecule has 1 unspecified atom stereocenters. The molecular weight excluding hydrogens is 225 g/mol. The fourth-order valence-corrected chi connectivity index (χ4v) is 3.93. The zero-order valence-electron chi connectivity index (χ0n) is 12.0. The Bertz CT molecular complexity index is 338. The first-order chi connectivity index (χ1) is 7.80. The van der Waals surface area contributed by atoms with E-state index >= 15 is 0 Å². The van der Waals surface area contributed by atoms with Gasteiger partial charge < -0.3 is 4.90 Å². The molecule has 0 aliphatic rings. The van der Waals surface area contributed by atoms with Gasteiger partial charge in [-0.1, -0.05) is 48.4 Å². The van der Waals surface area contributed by atoms with Gasteiger partial charge in [-0.3, -0.25) is 0 Å². The number of hydrogen-bond donors (Lipinski definition) is 0. The maximum absolute atomic E-state index is 2.38. The smallest absolute Gasteiger partial charge is 0.0361 e. The third-order valence-corrected chi connectivity index (χ3v) is 4.29. The van der Waals surface area contributed by atoms with E-state index in [-0.39, 0.29) is 0 Å². The average molecular weight is 251 g/mol. The van der Waals surface area contributed by atoms with E-state index in [9.17, 15) is 0 Å². The van der Waals surface area contributed by atoms with E-state index in [1.165, 1.54) is 17.4 Å². The second-order valence-electron chi connectivity index (χ2n) is 6.05. The van der Waals surface area contributed by atoms with Crippen molar-refractivity contribution in [2.45, 2.75) is 39.3 Å². The standard InChI is InChI=1S/C15H26NP/c1-12(2)11-15(3,4)17-14-9-7-13(8-10-14)16(5)6/h7-10,12,17H,11H2,1-6H3. The summed E-state index contributed by atoms with van der Waals surface area (Å²) in [4.78, 5) is 2.14. The molecule has 1 aromatic rings. The Morgan fingerprint density at radius 2 is 1.65 bits per heavy atom. The second kappa shape index (κ2) is 5.87. The summed E-state index contributed by atoms with van der Waals surface area (Å²) in [6.45, 7) is 9.37. The fourth-order valence-electron chi connectivity index (χ4n) is 2.31. The van der Waals surface area contributed by atoms with Gasteiger partial charge in [-0.05, 0) is 34.9 Å². The van der Waals surface area contributed by atoms with Gasteiger partial charge in [0.1, 0.15) is 0 Å². The minimum atomic E-state index is 0.424. The van der Waals surface area contributed by atoms with E-state index in [2.05, 4.69) is 71.0 Å². The molecule has 0 fully saturated rings. The molecule has 0 spiro atoms. The van der Waals surface area contributed by atoms with Crippen LogP contribution in [0.4, 0.5) is 5.69 Å². The highest BCUT2D eigenvalue weighted by molar-refractivity contribution is 7.48. The van der Waals surface area contributed by atoms with Crippen molar-refractivity contribution >= 4 is 19.6 Å². The van der Waals surface area contributed by atoms with Crippen LogP contribution in [-0.2, 0) is 0 Å². The molecule has 0 aromatic heterocycles. The third kappa shape index (κ3) is 5.08. The lowest BCUT2D eigenvalue weighted by Gasteiger charge is -2.27. The molecule has 0 saturated carbocycles. The normalized spacial score (nSPS) is 12.6. The van der Waals surface area contributed by atoms with Crippen LogP contribution < -0.4 is 10.2 Å². The van der Waals surface area contributed by atoms with Crippen molar-refractivity contribution < 1.29 is 0 Å². The summed E-state index contributed by atoms with van der Waals surface area (Å²) in [6.07, 6.45) is 1.29. The number of hydrogen-bond acceptors (Lipinski definition) is 1. The molecule has 0 aliphatic heterocycles. The Morgan fingerprint density at radius 1 is 1.12 bits per heavy atom. The van der Waals surface area contributed by atoms with Crippen LogP contribution in [0.2, 0.25) is 0 Å². The summed E-state index contributed by atoms with van der Waals surface area (Å²) in [5.41, 5.74) is 1.28. The number of anilines is 1. The Balaban J connectivity index is 2.68. The van der Waals surface area contributed by atoms with Crippen LogP contribution in [0.25, 0.3) is 0 Å². The van der Waals surface area contributed by atoms with E-state index in [1.54, 1.807) is 0 Å². The number of benzene rings is 1. The van der Waals surface area contributed by atoms with Crippen LogP contribution in [0.1, 0.15) is 34.1 Å². The molecule has 0 heterocycles. The highest BCUT2D eigenvalue weighted by Gasteiger charge is 2.19. The molecule has 1 rings (SSSR count). The van der Waals surface area contributed by atoms with Crippen LogP contribution in [0.15, 0.2) is 24.3 Å². The van der Waals surface area contributed by atoms with Crippen LogP contribution in [0, 0.1) is 5.92 Å². The van der Waals surface area contributed by atoms with Crippen molar-refractivity contribution in [3.63, 3.8) is 0 Å². The molecule has 0 bridgehead atoms. The van der Waals surface area contributed by atoms with Crippen LogP contribution in [0.3, 0.4) is 0 Å². The van der Waals surface area contributed by atoms with Crippen LogP contribution >= 0.6 is 8.58 Å². The summed E-state index contributed by atoms with van der Waals surface area (Å²) in [7, 11) is 5.06. The SMILES string of the molecule is CC(C)CC(C)(C)Pc1ccc(N(C)C)cc1. The molecule has 0 amide bonds. The average Bonchev–Trinajstić information content (AvgIpc) is 2.15. The molecule has 0 aliphatic carbocycles. The highest BCUT2D eigenvalue weighted by Crippen LogP contribution is 2.36. The van der Waals surface area contributed by atoms with E-state index in [4.69, 9.17) is 0 Å². The summed E-state index contributed by atoms with van der Waals surface area (Å²) in [5, 5.41) is 1.90. The summed E-state index contributed by atoms with van der Waals surface area (Å²) >= 11 is 0. The van der Waals surface area contributed by atoms with Gasteiger partial charge in [0.15, 0.2) is 0 Å². The van der Waals surface area contributed by atoms with Crippen molar-refractivity contribution in [1.29, 1.82) is 0 Å². The van der Waals surface area contributed by atoms with E-state index < -0.39 is 0 Å². The molecule has 0 saturated heterocycles. The molecule has 1 nitrogen and oxygen atoms in total. The second-order valence-corrected chi connectivity index (χ2v) is 8.23. The molecule has 1 aromatic carbocycles. The predicted octanol–water partition coefficient (Wildman–Crippen LogP) is 3.88. The monoisotopic (exact) mass is 251 g/mol. The third-order valence-electron chi connectivity index (χ3n) is 2.78. The fraction of sp³-hybridized carbons (Fsp3) is 0.600. The van der Waals surface area contributed by atoms with Gasteiger partial charge in [0, 0.05) is 19.8 Å². The molecule has 2 heteroatoms. The molecule has 1 atom stereocenters. The minimum Gasteiger partial charge on any atom is -0.378 e. The van der Waals surface area contributed by atoms with Crippen molar-refractivity contribution in [3.8, 4) is 0 Å². The molecule has 0 N–H and O–H groups in total. The van der Waals surface area contributed by atoms with Gasteiger partial charge in [0.2, 0.25) is 0 Å². The van der Waals surface area contributed by atoms with Crippen molar-refractivity contribution in [1.82, 2.24) is 0 Å². The molecular formula is C15H26NP. The lowest BCUT2D eigenvalue weighted by molar-refractivity contribution is 0.501. The van der Waals surface area contributed by atoms with Gasteiger partial charge in [-0.2, -0.15) is 0 Å². The zero-order valence-corrected chi connectivity index (χ0v) is 13.0. The van der Waals surface area contributed by atoms with E-state index in [0.717, 1.165) is 14.5 Å². The van der Waals surface area contributed by atoms with Gasteiger partial charge >= 0.3 is 0 Å². The molecule has 0 radical (unpaired) electrons. The van der Waals surface area contributed by atoms with Crippen LogP contribution in [-0.4, -0.2) is 19.3 Å². The summed E-state index contributed by atoms with van der Waals surface area (Å²) in [5.74, 6) is 0.776. The van der Waals surface area contributed by atoms with Gasteiger partial charge in [-0.25, -0.2) is 0 Å². The van der Waals surface area contributed by atoms with E-state index in [0.29, 0.717) is 5.16 Å².